The quantitative estimate of drug-likeness (QED) is 0.790. The Morgan fingerprint density at radius 1 is 1.33 bits per heavy atom. The Morgan fingerprint density at radius 3 is 2.73 bits per heavy atom. The van der Waals surface area contributed by atoms with Crippen LogP contribution in [0, 0.1) is 6.92 Å². The molecule has 4 heteroatoms. The van der Waals surface area contributed by atoms with Gasteiger partial charge in [0.25, 0.3) is 0 Å². The monoisotopic (exact) mass is 220 g/mol. The molecule has 0 spiro atoms. The van der Waals surface area contributed by atoms with Gasteiger partial charge in [-0.15, -0.1) is 11.8 Å². The topological polar surface area (TPSA) is 52.0 Å². The van der Waals surface area contributed by atoms with Gasteiger partial charge in [0.05, 0.1) is 0 Å². The number of hydrogen-bond acceptors (Lipinski definition) is 4. The molecule has 15 heavy (non-hydrogen) atoms. The highest BCUT2D eigenvalue weighted by atomic mass is 32.2. The summed E-state index contributed by atoms with van der Waals surface area (Å²) in [6.45, 7) is 2.09. The lowest BCUT2D eigenvalue weighted by molar-refractivity contribution is 0.435. The Bertz CT molecular complexity index is 479. The van der Waals surface area contributed by atoms with Crippen LogP contribution in [0.4, 0.5) is 5.82 Å². The second-order valence-electron chi connectivity index (χ2n) is 3.30. The summed E-state index contributed by atoms with van der Waals surface area (Å²) in [4.78, 5) is 1.24. The summed E-state index contributed by atoms with van der Waals surface area (Å²) >= 11 is 1.72. The minimum Gasteiger partial charge on any atom is -0.381 e. The Balaban J connectivity index is 2.45. The van der Waals surface area contributed by atoms with Crippen LogP contribution in [0.2, 0.25) is 0 Å². The van der Waals surface area contributed by atoms with E-state index in [1.807, 2.05) is 6.07 Å². The molecule has 2 N–H and O–H groups in total. The first-order chi connectivity index (χ1) is 7.20. The van der Waals surface area contributed by atoms with Crippen molar-refractivity contribution in [1.82, 2.24) is 5.16 Å². The molecule has 1 aromatic heterocycles. The number of aryl methyl sites for hydroxylation is 1. The minimum absolute atomic E-state index is 0.413. The van der Waals surface area contributed by atoms with E-state index in [2.05, 4.69) is 30.5 Å². The Hall–Kier alpha value is -1.42. The third kappa shape index (κ3) is 1.99. The third-order valence-corrected chi connectivity index (χ3v) is 3.10. The van der Waals surface area contributed by atoms with Crippen LogP contribution in [-0.4, -0.2) is 11.4 Å². The van der Waals surface area contributed by atoms with Crippen molar-refractivity contribution < 1.29 is 4.52 Å². The average molecular weight is 220 g/mol. The molecule has 2 aromatic rings. The molecule has 0 fully saturated rings. The van der Waals surface area contributed by atoms with E-state index in [-0.39, 0.29) is 0 Å². The first kappa shape index (κ1) is 10.1. The molecular weight excluding hydrogens is 208 g/mol. The standard InChI is InChI=1S/C11H12N2OS/c1-7-3-4-8(5-10(7)15-2)9-6-11(12)13-14-9/h3-6H,1-2H3,(H2,12,13). The van der Waals surface area contributed by atoms with Gasteiger partial charge in [-0.25, -0.2) is 0 Å². The molecule has 0 saturated carbocycles. The maximum absolute atomic E-state index is 5.51. The summed E-state index contributed by atoms with van der Waals surface area (Å²) in [6, 6.07) is 7.89. The zero-order valence-corrected chi connectivity index (χ0v) is 9.47. The van der Waals surface area contributed by atoms with E-state index in [0.29, 0.717) is 11.6 Å². The molecule has 0 atom stereocenters. The van der Waals surface area contributed by atoms with Crippen molar-refractivity contribution in [3.8, 4) is 11.3 Å². The number of hydrogen-bond donors (Lipinski definition) is 1. The van der Waals surface area contributed by atoms with Crippen LogP contribution < -0.4 is 5.73 Å². The fourth-order valence-electron chi connectivity index (χ4n) is 1.40. The number of thioether (sulfide) groups is 1. The normalized spacial score (nSPS) is 10.5. The van der Waals surface area contributed by atoms with E-state index in [4.69, 9.17) is 10.3 Å². The van der Waals surface area contributed by atoms with Crippen LogP contribution in [0.1, 0.15) is 5.56 Å². The van der Waals surface area contributed by atoms with Crippen LogP contribution in [-0.2, 0) is 0 Å². The predicted octanol–water partition coefficient (Wildman–Crippen LogP) is 2.95. The lowest BCUT2D eigenvalue weighted by Crippen LogP contribution is -1.81. The van der Waals surface area contributed by atoms with Crippen LogP contribution in [0.5, 0.6) is 0 Å². The van der Waals surface area contributed by atoms with Gasteiger partial charge < -0.3 is 10.3 Å². The van der Waals surface area contributed by atoms with Crippen molar-refractivity contribution >= 4 is 17.6 Å². The molecule has 0 aliphatic heterocycles. The van der Waals surface area contributed by atoms with Crippen molar-refractivity contribution in [3.05, 3.63) is 29.8 Å². The molecule has 0 amide bonds. The molecule has 0 saturated heterocycles. The highest BCUT2D eigenvalue weighted by Crippen LogP contribution is 2.28. The number of benzene rings is 1. The van der Waals surface area contributed by atoms with Crippen LogP contribution in [0.3, 0.4) is 0 Å². The second-order valence-corrected chi connectivity index (χ2v) is 4.15. The van der Waals surface area contributed by atoms with Gasteiger partial charge in [0, 0.05) is 16.5 Å². The summed E-state index contributed by atoms with van der Waals surface area (Å²) in [7, 11) is 0. The molecule has 1 heterocycles. The molecule has 0 aliphatic rings. The van der Waals surface area contributed by atoms with Crippen molar-refractivity contribution in [1.29, 1.82) is 0 Å². The van der Waals surface area contributed by atoms with Crippen molar-refractivity contribution in [3.63, 3.8) is 0 Å². The molecule has 0 unspecified atom stereocenters. The summed E-state index contributed by atoms with van der Waals surface area (Å²) in [5.74, 6) is 1.12. The van der Waals surface area contributed by atoms with E-state index in [1.165, 1.54) is 10.5 Å². The van der Waals surface area contributed by atoms with Gasteiger partial charge in [0.1, 0.15) is 0 Å². The molecule has 3 nitrogen and oxygen atoms in total. The van der Waals surface area contributed by atoms with Crippen LogP contribution >= 0.6 is 11.8 Å². The highest BCUT2D eigenvalue weighted by Gasteiger charge is 2.06. The molecule has 78 valence electrons. The van der Waals surface area contributed by atoms with Gasteiger partial charge in [-0.1, -0.05) is 17.3 Å². The Morgan fingerprint density at radius 2 is 2.13 bits per heavy atom. The smallest absolute Gasteiger partial charge is 0.169 e. The molecule has 0 radical (unpaired) electrons. The fourth-order valence-corrected chi connectivity index (χ4v) is 2.03. The Labute approximate surface area is 92.6 Å². The molecule has 0 bridgehead atoms. The van der Waals surface area contributed by atoms with Gasteiger partial charge in [-0.3, -0.25) is 0 Å². The van der Waals surface area contributed by atoms with Crippen molar-refractivity contribution in [2.45, 2.75) is 11.8 Å². The molecule has 1 aromatic carbocycles. The lowest BCUT2D eigenvalue weighted by atomic mass is 10.1. The predicted molar refractivity (Wildman–Crippen MR) is 62.9 cm³/mol. The average Bonchev–Trinajstić information content (AvgIpc) is 2.66. The first-order valence-corrected chi connectivity index (χ1v) is 5.80. The Kier molecular flexibility index (Phi) is 2.68. The lowest BCUT2D eigenvalue weighted by Gasteiger charge is -2.03. The molecular formula is C11H12N2OS. The van der Waals surface area contributed by atoms with Gasteiger partial charge in [-0.2, -0.15) is 0 Å². The summed E-state index contributed by atoms with van der Waals surface area (Å²) in [6.07, 6.45) is 2.06. The number of nitrogens with zero attached hydrogens (tertiary/aromatic N) is 1. The van der Waals surface area contributed by atoms with E-state index >= 15 is 0 Å². The number of rotatable bonds is 2. The van der Waals surface area contributed by atoms with E-state index in [0.717, 1.165) is 5.56 Å². The zero-order chi connectivity index (χ0) is 10.8. The van der Waals surface area contributed by atoms with E-state index < -0.39 is 0 Å². The second kappa shape index (κ2) is 3.98. The number of anilines is 1. The largest absolute Gasteiger partial charge is 0.381 e. The first-order valence-electron chi connectivity index (χ1n) is 4.58. The number of aromatic nitrogens is 1. The van der Waals surface area contributed by atoms with Crippen molar-refractivity contribution in [2.24, 2.45) is 0 Å². The van der Waals surface area contributed by atoms with E-state index in [9.17, 15) is 0 Å². The van der Waals surface area contributed by atoms with E-state index in [1.54, 1.807) is 17.8 Å². The van der Waals surface area contributed by atoms with Gasteiger partial charge in [-0.05, 0) is 24.8 Å². The summed E-state index contributed by atoms with van der Waals surface area (Å²) < 4.78 is 5.11. The van der Waals surface area contributed by atoms with Crippen LogP contribution in [0.15, 0.2) is 33.7 Å². The minimum atomic E-state index is 0.413. The fraction of sp³-hybridized carbons (Fsp3) is 0.182. The van der Waals surface area contributed by atoms with Gasteiger partial charge in [0.2, 0.25) is 0 Å². The highest BCUT2D eigenvalue weighted by molar-refractivity contribution is 7.98. The van der Waals surface area contributed by atoms with Gasteiger partial charge >= 0.3 is 0 Å². The van der Waals surface area contributed by atoms with Crippen molar-refractivity contribution in [2.75, 3.05) is 12.0 Å². The van der Waals surface area contributed by atoms with Gasteiger partial charge in [0.15, 0.2) is 11.6 Å². The third-order valence-electron chi connectivity index (χ3n) is 2.22. The number of nitrogens with two attached hydrogens (primary N) is 1. The SMILES string of the molecule is CSc1cc(-c2cc(N)no2)ccc1C. The van der Waals surface area contributed by atoms with Crippen LogP contribution in [0.25, 0.3) is 11.3 Å². The number of nitrogen functional groups attached to an aromatic ring is 1. The molecule has 2 rings (SSSR count). The zero-order valence-electron chi connectivity index (χ0n) is 8.65. The molecule has 0 aliphatic carbocycles. The summed E-state index contributed by atoms with van der Waals surface area (Å²) in [5.41, 5.74) is 7.78. The summed E-state index contributed by atoms with van der Waals surface area (Å²) in [5, 5.41) is 3.67. The maximum Gasteiger partial charge on any atom is 0.169 e. The maximum atomic E-state index is 5.51.